The van der Waals surface area contributed by atoms with E-state index in [1.807, 2.05) is 6.07 Å². The van der Waals surface area contributed by atoms with Gasteiger partial charge in [-0.05, 0) is 42.7 Å². The zero-order valence-corrected chi connectivity index (χ0v) is 20.5. The second kappa shape index (κ2) is 9.73. The standard InChI is InChI=1S/C24H27N3O5S2/c1-3-15-26-21(16-25-24(26)33(28,29)18-19-7-5-4-6-8-19)17-27(20-9-10-20)34(30,31)23-13-11-22(32-2)12-14-23/h3-8,11-14,16,20H,1,9-10,15,17-18H2,2H3. The van der Waals surface area contributed by atoms with Gasteiger partial charge in [-0.1, -0.05) is 36.4 Å². The largest absolute Gasteiger partial charge is 0.497 e. The van der Waals surface area contributed by atoms with Crippen molar-refractivity contribution < 1.29 is 21.6 Å². The summed E-state index contributed by atoms with van der Waals surface area (Å²) in [4.78, 5) is 4.36. The number of hydrogen-bond acceptors (Lipinski definition) is 6. The van der Waals surface area contributed by atoms with Crippen LogP contribution in [0.25, 0.3) is 0 Å². The van der Waals surface area contributed by atoms with E-state index in [4.69, 9.17) is 4.74 Å². The zero-order chi connectivity index (χ0) is 24.3. The number of sulfone groups is 1. The number of sulfonamides is 1. The van der Waals surface area contributed by atoms with E-state index in [1.165, 1.54) is 34.3 Å². The van der Waals surface area contributed by atoms with Crippen molar-refractivity contribution in [3.05, 3.63) is 84.7 Å². The monoisotopic (exact) mass is 501 g/mol. The second-order valence-electron chi connectivity index (χ2n) is 8.13. The number of nitrogens with zero attached hydrogens (tertiary/aromatic N) is 3. The van der Waals surface area contributed by atoms with E-state index in [0.717, 1.165) is 12.8 Å². The lowest BCUT2D eigenvalue weighted by atomic mass is 10.2. The fraction of sp³-hybridized carbons (Fsp3) is 0.292. The average molecular weight is 502 g/mol. The Morgan fingerprint density at radius 1 is 1.09 bits per heavy atom. The van der Waals surface area contributed by atoms with Gasteiger partial charge in [0.25, 0.3) is 0 Å². The van der Waals surface area contributed by atoms with Gasteiger partial charge in [0.05, 0.1) is 36.2 Å². The number of imidazole rings is 1. The highest BCUT2D eigenvalue weighted by atomic mass is 32.2. The summed E-state index contributed by atoms with van der Waals surface area (Å²) in [6.45, 7) is 3.94. The maximum atomic E-state index is 13.4. The first-order chi connectivity index (χ1) is 16.3. The first-order valence-corrected chi connectivity index (χ1v) is 13.9. The Kier molecular flexibility index (Phi) is 6.92. The molecule has 0 unspecified atom stereocenters. The Hall–Kier alpha value is -2.95. The molecule has 0 aliphatic heterocycles. The molecule has 180 valence electrons. The lowest BCUT2D eigenvalue weighted by Crippen LogP contribution is -2.33. The molecule has 0 radical (unpaired) electrons. The highest BCUT2D eigenvalue weighted by Crippen LogP contribution is 2.34. The Bertz CT molecular complexity index is 1360. The van der Waals surface area contributed by atoms with Crippen molar-refractivity contribution in [3.8, 4) is 5.75 Å². The molecule has 10 heteroatoms. The molecule has 1 fully saturated rings. The number of rotatable bonds is 11. The molecule has 3 aromatic rings. The minimum absolute atomic E-state index is 0.0146. The minimum Gasteiger partial charge on any atom is -0.497 e. The molecular weight excluding hydrogens is 474 g/mol. The number of ether oxygens (including phenoxy) is 1. The predicted octanol–water partition coefficient (Wildman–Crippen LogP) is 3.40. The molecule has 4 rings (SSSR count). The summed E-state index contributed by atoms with van der Waals surface area (Å²) in [5.74, 6) is 0.368. The van der Waals surface area contributed by atoms with E-state index in [9.17, 15) is 16.8 Å². The molecule has 0 amide bonds. The molecule has 0 N–H and O–H groups in total. The molecule has 1 saturated carbocycles. The average Bonchev–Trinajstić information content (AvgIpc) is 3.58. The smallest absolute Gasteiger partial charge is 0.243 e. The minimum atomic E-state index is -3.81. The molecule has 0 spiro atoms. The van der Waals surface area contributed by atoms with Gasteiger partial charge in [0.15, 0.2) is 0 Å². The topological polar surface area (TPSA) is 98.6 Å². The SMILES string of the molecule is C=CCn1c(CN(C2CC2)S(=O)(=O)c2ccc(OC)cc2)cnc1S(=O)(=O)Cc1ccccc1. The molecule has 34 heavy (non-hydrogen) atoms. The van der Waals surface area contributed by atoms with Gasteiger partial charge in [0.1, 0.15) is 5.75 Å². The summed E-state index contributed by atoms with van der Waals surface area (Å²) < 4.78 is 61.3. The van der Waals surface area contributed by atoms with Crippen LogP contribution < -0.4 is 4.74 Å². The molecule has 1 aromatic heterocycles. The van der Waals surface area contributed by atoms with Crippen LogP contribution in [0.4, 0.5) is 0 Å². The van der Waals surface area contributed by atoms with E-state index in [1.54, 1.807) is 42.5 Å². The molecule has 2 aromatic carbocycles. The van der Waals surface area contributed by atoms with E-state index >= 15 is 0 Å². The van der Waals surface area contributed by atoms with Gasteiger partial charge in [-0.3, -0.25) is 0 Å². The third-order valence-electron chi connectivity index (χ3n) is 5.63. The Labute approximate surface area is 200 Å². The van der Waals surface area contributed by atoms with E-state index in [-0.39, 0.29) is 34.9 Å². The normalized spacial score (nSPS) is 14.3. The number of benzene rings is 2. The summed E-state index contributed by atoms with van der Waals surface area (Å²) in [6, 6.07) is 15.0. The molecule has 0 bridgehead atoms. The molecule has 1 aliphatic carbocycles. The van der Waals surface area contributed by atoms with Crippen LogP contribution >= 0.6 is 0 Å². The number of methoxy groups -OCH3 is 1. The van der Waals surface area contributed by atoms with Gasteiger partial charge in [0.2, 0.25) is 25.0 Å². The molecule has 8 nitrogen and oxygen atoms in total. The van der Waals surface area contributed by atoms with Gasteiger partial charge in [-0.2, -0.15) is 4.31 Å². The summed E-state index contributed by atoms with van der Waals surface area (Å²) >= 11 is 0. The van der Waals surface area contributed by atoms with Crippen molar-refractivity contribution in [3.63, 3.8) is 0 Å². The van der Waals surface area contributed by atoms with Gasteiger partial charge >= 0.3 is 0 Å². The number of allylic oxidation sites excluding steroid dienone is 1. The maximum absolute atomic E-state index is 13.4. The van der Waals surface area contributed by atoms with Crippen LogP contribution in [-0.2, 0) is 38.7 Å². The van der Waals surface area contributed by atoms with Crippen LogP contribution in [0, 0.1) is 0 Å². The maximum Gasteiger partial charge on any atom is 0.243 e. The first kappa shape index (κ1) is 24.2. The third-order valence-corrected chi connectivity index (χ3v) is 9.14. The molecule has 1 heterocycles. The molecule has 1 aliphatic rings. The lowest BCUT2D eigenvalue weighted by molar-refractivity contribution is 0.386. The number of aromatic nitrogens is 2. The van der Waals surface area contributed by atoms with Crippen molar-refractivity contribution >= 4 is 19.9 Å². The third kappa shape index (κ3) is 5.08. The highest BCUT2D eigenvalue weighted by Gasteiger charge is 2.39. The summed E-state index contributed by atoms with van der Waals surface area (Å²) in [5.41, 5.74) is 1.15. The van der Waals surface area contributed by atoms with Crippen LogP contribution in [-0.4, -0.2) is 43.8 Å². The first-order valence-electron chi connectivity index (χ1n) is 10.8. The van der Waals surface area contributed by atoms with Crippen LogP contribution in [0.5, 0.6) is 5.75 Å². The summed E-state index contributed by atoms with van der Waals surface area (Å²) in [5, 5.41) is -0.0937. The van der Waals surface area contributed by atoms with Crippen LogP contribution in [0.3, 0.4) is 0 Å². The fourth-order valence-electron chi connectivity index (χ4n) is 3.76. The van der Waals surface area contributed by atoms with Crippen molar-refractivity contribution in [2.45, 2.75) is 47.8 Å². The van der Waals surface area contributed by atoms with Crippen LogP contribution in [0.2, 0.25) is 0 Å². The predicted molar refractivity (Wildman–Crippen MR) is 129 cm³/mol. The highest BCUT2D eigenvalue weighted by molar-refractivity contribution is 7.90. The quantitative estimate of drug-likeness (QED) is 0.374. The summed E-state index contributed by atoms with van der Waals surface area (Å²) in [6.07, 6.45) is 4.53. The van der Waals surface area contributed by atoms with E-state index < -0.39 is 19.9 Å². The summed E-state index contributed by atoms with van der Waals surface area (Å²) in [7, 11) is -6.05. The van der Waals surface area contributed by atoms with Crippen LogP contribution in [0.15, 0.2) is 83.5 Å². The van der Waals surface area contributed by atoms with Gasteiger partial charge in [-0.25, -0.2) is 21.8 Å². The van der Waals surface area contributed by atoms with Crippen molar-refractivity contribution in [2.24, 2.45) is 0 Å². The zero-order valence-electron chi connectivity index (χ0n) is 18.9. The van der Waals surface area contributed by atoms with Gasteiger partial charge < -0.3 is 9.30 Å². The molecular formula is C24H27N3O5S2. The van der Waals surface area contributed by atoms with Gasteiger partial charge in [0, 0.05) is 12.6 Å². The Morgan fingerprint density at radius 3 is 2.35 bits per heavy atom. The van der Waals surface area contributed by atoms with Crippen LogP contribution in [0.1, 0.15) is 24.1 Å². The molecule has 0 saturated heterocycles. The van der Waals surface area contributed by atoms with E-state index in [0.29, 0.717) is 17.0 Å². The van der Waals surface area contributed by atoms with E-state index in [2.05, 4.69) is 11.6 Å². The van der Waals surface area contributed by atoms with Crippen molar-refractivity contribution in [2.75, 3.05) is 7.11 Å². The Morgan fingerprint density at radius 2 is 1.76 bits per heavy atom. The lowest BCUT2D eigenvalue weighted by Gasteiger charge is -2.23. The fourth-order valence-corrected chi connectivity index (χ4v) is 6.92. The molecule has 0 atom stereocenters. The second-order valence-corrected chi connectivity index (χ2v) is 11.9. The Balaban J connectivity index is 1.67. The number of hydrogen-bond donors (Lipinski definition) is 0. The van der Waals surface area contributed by atoms with Crippen molar-refractivity contribution in [1.82, 2.24) is 13.9 Å². The van der Waals surface area contributed by atoms with Gasteiger partial charge in [-0.15, -0.1) is 6.58 Å². The van der Waals surface area contributed by atoms with Crippen molar-refractivity contribution in [1.29, 1.82) is 0 Å².